The molecule has 1 fully saturated rings. The Morgan fingerprint density at radius 2 is 1.81 bits per heavy atom. The Labute approximate surface area is 183 Å². The average molecular weight is 418 g/mol. The van der Waals surface area contributed by atoms with E-state index in [1.807, 2.05) is 35.2 Å². The summed E-state index contributed by atoms with van der Waals surface area (Å²) in [7, 11) is 1.78. The summed E-state index contributed by atoms with van der Waals surface area (Å²) < 4.78 is 0. The van der Waals surface area contributed by atoms with Crippen molar-refractivity contribution >= 4 is 22.8 Å². The number of guanidine groups is 1. The minimum Gasteiger partial charge on any atom is -0.361 e. The molecule has 0 saturated carbocycles. The Hall–Kier alpha value is -3.28. The number of nitrogens with one attached hydrogen (secondary N) is 3. The van der Waals surface area contributed by atoms with Crippen LogP contribution < -0.4 is 10.6 Å². The Balaban J connectivity index is 1.25. The fraction of sp³-hybridized carbons (Fsp3) is 0.360. The highest BCUT2D eigenvalue weighted by molar-refractivity contribution is 5.94. The van der Waals surface area contributed by atoms with E-state index in [0.717, 1.165) is 56.0 Å². The maximum absolute atomic E-state index is 12.6. The van der Waals surface area contributed by atoms with Gasteiger partial charge in [0.25, 0.3) is 5.91 Å². The number of likely N-dealkylation sites (tertiary alicyclic amines) is 1. The largest absolute Gasteiger partial charge is 0.361 e. The van der Waals surface area contributed by atoms with Gasteiger partial charge in [-0.1, -0.05) is 30.3 Å². The molecule has 2 aromatic carbocycles. The van der Waals surface area contributed by atoms with Gasteiger partial charge in [-0.05, 0) is 55.0 Å². The van der Waals surface area contributed by atoms with Crippen molar-refractivity contribution < 1.29 is 4.79 Å². The van der Waals surface area contributed by atoms with Gasteiger partial charge in [0.1, 0.15) is 0 Å². The van der Waals surface area contributed by atoms with Crippen LogP contribution in [-0.2, 0) is 13.0 Å². The number of H-pyrrole nitrogens is 1. The Morgan fingerprint density at radius 1 is 1.03 bits per heavy atom. The molecule has 1 aromatic heterocycles. The van der Waals surface area contributed by atoms with Gasteiger partial charge in [0, 0.05) is 55.9 Å². The van der Waals surface area contributed by atoms with Gasteiger partial charge in [0.15, 0.2) is 5.96 Å². The van der Waals surface area contributed by atoms with Crippen LogP contribution in [0.3, 0.4) is 0 Å². The maximum atomic E-state index is 12.6. The summed E-state index contributed by atoms with van der Waals surface area (Å²) in [6.07, 6.45) is 6.44. The molecule has 1 aliphatic rings. The molecule has 1 amide bonds. The Morgan fingerprint density at radius 3 is 2.58 bits per heavy atom. The number of rotatable bonds is 6. The second-order valence-corrected chi connectivity index (χ2v) is 8.01. The number of aromatic amines is 1. The van der Waals surface area contributed by atoms with E-state index in [2.05, 4.69) is 45.0 Å². The number of para-hydroxylation sites is 1. The molecule has 2 heterocycles. The van der Waals surface area contributed by atoms with Crippen LogP contribution >= 0.6 is 0 Å². The van der Waals surface area contributed by atoms with Gasteiger partial charge >= 0.3 is 0 Å². The van der Waals surface area contributed by atoms with Crippen LogP contribution in [0.1, 0.15) is 40.7 Å². The molecule has 0 aliphatic carbocycles. The van der Waals surface area contributed by atoms with Crippen molar-refractivity contribution in [3.8, 4) is 0 Å². The van der Waals surface area contributed by atoms with Gasteiger partial charge in [-0.25, -0.2) is 0 Å². The molecule has 31 heavy (non-hydrogen) atoms. The zero-order valence-corrected chi connectivity index (χ0v) is 18.2. The van der Waals surface area contributed by atoms with E-state index in [-0.39, 0.29) is 5.91 Å². The fourth-order valence-electron chi connectivity index (χ4n) is 4.11. The smallest absolute Gasteiger partial charge is 0.253 e. The predicted octanol–water partition coefficient (Wildman–Crippen LogP) is 3.70. The first-order chi connectivity index (χ1) is 15.2. The number of nitrogens with zero attached hydrogens (tertiary/aromatic N) is 2. The predicted molar refractivity (Wildman–Crippen MR) is 126 cm³/mol. The number of carbonyl (C=O) groups is 1. The highest BCUT2D eigenvalue weighted by Crippen LogP contribution is 2.17. The molecule has 162 valence electrons. The number of fused-ring (bicyclic) bond motifs is 1. The number of amides is 1. The molecular formula is C25H31N5O. The van der Waals surface area contributed by atoms with Gasteiger partial charge < -0.3 is 20.5 Å². The zero-order chi connectivity index (χ0) is 21.5. The summed E-state index contributed by atoms with van der Waals surface area (Å²) in [4.78, 5) is 22.2. The van der Waals surface area contributed by atoms with Crippen molar-refractivity contribution in [2.45, 2.75) is 32.2 Å². The number of aliphatic imine (C=N–C) groups is 1. The molecule has 0 unspecified atom stereocenters. The SMILES string of the molecule is CN=C(NCCc1c[nH]c2ccccc12)NCc1ccc(C(=O)N2CCCCC2)cc1. The number of piperidine rings is 1. The second-order valence-electron chi connectivity index (χ2n) is 8.01. The quantitative estimate of drug-likeness (QED) is 0.423. The topological polar surface area (TPSA) is 72.5 Å². The third-order valence-corrected chi connectivity index (χ3v) is 5.89. The summed E-state index contributed by atoms with van der Waals surface area (Å²) in [5, 5.41) is 8.00. The van der Waals surface area contributed by atoms with E-state index < -0.39 is 0 Å². The molecule has 0 spiro atoms. The van der Waals surface area contributed by atoms with E-state index in [0.29, 0.717) is 6.54 Å². The van der Waals surface area contributed by atoms with Crippen LogP contribution in [0, 0.1) is 0 Å². The van der Waals surface area contributed by atoms with Crippen LogP contribution in [0.4, 0.5) is 0 Å². The number of aromatic nitrogens is 1. The summed E-state index contributed by atoms with van der Waals surface area (Å²) >= 11 is 0. The van der Waals surface area contributed by atoms with Gasteiger partial charge in [0.05, 0.1) is 0 Å². The molecule has 0 atom stereocenters. The van der Waals surface area contributed by atoms with Crippen molar-refractivity contribution in [3.05, 3.63) is 71.4 Å². The number of hydrogen-bond acceptors (Lipinski definition) is 2. The maximum Gasteiger partial charge on any atom is 0.253 e. The molecule has 6 heteroatoms. The highest BCUT2D eigenvalue weighted by Gasteiger charge is 2.17. The lowest BCUT2D eigenvalue weighted by Gasteiger charge is -2.26. The van der Waals surface area contributed by atoms with Crippen LogP contribution in [-0.4, -0.2) is 48.4 Å². The summed E-state index contributed by atoms with van der Waals surface area (Å²) in [5.74, 6) is 0.919. The first-order valence-electron chi connectivity index (χ1n) is 11.1. The van der Waals surface area contributed by atoms with Crippen LogP contribution in [0.5, 0.6) is 0 Å². The van der Waals surface area contributed by atoms with Crippen LogP contribution in [0.2, 0.25) is 0 Å². The molecule has 4 rings (SSSR count). The van der Waals surface area contributed by atoms with Gasteiger partial charge in [-0.3, -0.25) is 9.79 Å². The molecule has 1 aliphatic heterocycles. The molecule has 1 saturated heterocycles. The summed E-state index contributed by atoms with van der Waals surface area (Å²) in [5.41, 5.74) is 4.36. The van der Waals surface area contributed by atoms with Gasteiger partial charge in [-0.15, -0.1) is 0 Å². The lowest BCUT2D eigenvalue weighted by Crippen LogP contribution is -2.37. The summed E-state index contributed by atoms with van der Waals surface area (Å²) in [6.45, 7) is 3.21. The lowest BCUT2D eigenvalue weighted by atomic mass is 10.1. The summed E-state index contributed by atoms with van der Waals surface area (Å²) in [6, 6.07) is 16.3. The zero-order valence-electron chi connectivity index (χ0n) is 18.2. The van der Waals surface area contributed by atoms with E-state index in [1.165, 1.54) is 22.9 Å². The molecule has 6 nitrogen and oxygen atoms in total. The fourth-order valence-corrected chi connectivity index (χ4v) is 4.11. The van der Waals surface area contributed by atoms with E-state index in [9.17, 15) is 4.79 Å². The minimum absolute atomic E-state index is 0.147. The van der Waals surface area contributed by atoms with Crippen molar-refractivity contribution in [3.63, 3.8) is 0 Å². The first-order valence-corrected chi connectivity index (χ1v) is 11.1. The van der Waals surface area contributed by atoms with Crippen molar-refractivity contribution in [1.82, 2.24) is 20.5 Å². The number of benzene rings is 2. The van der Waals surface area contributed by atoms with Crippen molar-refractivity contribution in [1.29, 1.82) is 0 Å². The number of carbonyl (C=O) groups excluding carboxylic acids is 1. The standard InChI is InChI=1S/C25H31N5O/c1-26-25(27-14-13-21-18-28-23-8-4-3-7-22(21)23)29-17-19-9-11-20(12-10-19)24(31)30-15-5-2-6-16-30/h3-4,7-12,18,28H,2,5-6,13-17H2,1H3,(H2,26,27,29). The monoisotopic (exact) mass is 417 g/mol. The minimum atomic E-state index is 0.147. The molecule has 3 N–H and O–H groups in total. The van der Waals surface area contributed by atoms with Crippen LogP contribution in [0.15, 0.2) is 59.7 Å². The highest BCUT2D eigenvalue weighted by atomic mass is 16.2. The number of hydrogen-bond donors (Lipinski definition) is 3. The Bertz CT molecular complexity index is 1030. The van der Waals surface area contributed by atoms with E-state index in [1.54, 1.807) is 7.05 Å². The molecule has 0 bridgehead atoms. The van der Waals surface area contributed by atoms with E-state index >= 15 is 0 Å². The third-order valence-electron chi connectivity index (χ3n) is 5.89. The third kappa shape index (κ3) is 5.26. The normalized spacial score (nSPS) is 14.6. The van der Waals surface area contributed by atoms with Crippen molar-refractivity contribution in [2.75, 3.05) is 26.7 Å². The van der Waals surface area contributed by atoms with Gasteiger partial charge in [-0.2, -0.15) is 0 Å². The first kappa shape index (κ1) is 21.0. The average Bonchev–Trinajstić information content (AvgIpc) is 3.25. The van der Waals surface area contributed by atoms with E-state index in [4.69, 9.17) is 0 Å². The molecular weight excluding hydrogens is 386 g/mol. The lowest BCUT2D eigenvalue weighted by molar-refractivity contribution is 0.0724. The molecule has 0 radical (unpaired) electrons. The van der Waals surface area contributed by atoms with Crippen molar-refractivity contribution in [2.24, 2.45) is 4.99 Å². The second kappa shape index (κ2) is 10.2. The Kier molecular flexibility index (Phi) is 6.87. The van der Waals surface area contributed by atoms with Gasteiger partial charge in [0.2, 0.25) is 0 Å². The molecule has 3 aromatic rings. The van der Waals surface area contributed by atoms with Crippen LogP contribution in [0.25, 0.3) is 10.9 Å².